The maximum Gasteiger partial charge on any atom is 0.433 e. The van der Waals surface area contributed by atoms with Crippen LogP contribution in [0.2, 0.25) is 0 Å². The fourth-order valence-corrected chi connectivity index (χ4v) is 2.51. The third-order valence-electron chi connectivity index (χ3n) is 3.91. The van der Waals surface area contributed by atoms with Crippen molar-refractivity contribution in [3.63, 3.8) is 0 Å². The van der Waals surface area contributed by atoms with Crippen LogP contribution in [0.5, 0.6) is 0 Å². The fourth-order valence-electron chi connectivity index (χ4n) is 2.51. The largest absolute Gasteiger partial charge is 0.433 e. The first-order valence-corrected chi connectivity index (χ1v) is 7.01. The molecule has 0 bridgehead atoms. The van der Waals surface area contributed by atoms with Gasteiger partial charge < -0.3 is 4.90 Å². The third-order valence-corrected chi connectivity index (χ3v) is 3.91. The van der Waals surface area contributed by atoms with Gasteiger partial charge in [-0.15, -0.1) is 0 Å². The van der Waals surface area contributed by atoms with Crippen molar-refractivity contribution < 1.29 is 13.2 Å². The molecule has 3 heterocycles. The first-order chi connectivity index (χ1) is 10.4. The van der Waals surface area contributed by atoms with Gasteiger partial charge in [-0.25, -0.2) is 9.97 Å². The third kappa shape index (κ3) is 2.51. The van der Waals surface area contributed by atoms with Gasteiger partial charge in [0, 0.05) is 36.1 Å². The normalized spacial score (nSPS) is 18.2. The number of halogens is 3. The van der Waals surface area contributed by atoms with E-state index >= 15 is 0 Å². The number of rotatable bonds is 2. The van der Waals surface area contributed by atoms with E-state index in [4.69, 9.17) is 0 Å². The van der Waals surface area contributed by atoms with E-state index in [9.17, 15) is 13.2 Å². The summed E-state index contributed by atoms with van der Waals surface area (Å²) in [5, 5.41) is 0. The van der Waals surface area contributed by atoms with Crippen LogP contribution in [-0.4, -0.2) is 27.5 Å². The number of hydrogen-bond donors (Lipinski definition) is 0. The van der Waals surface area contributed by atoms with Crippen LogP contribution in [0.4, 0.5) is 19.1 Å². The molecular formula is C15H15F3N4. The maximum absolute atomic E-state index is 13.3. The molecule has 1 aliphatic heterocycles. The van der Waals surface area contributed by atoms with Crippen molar-refractivity contribution in [2.75, 3.05) is 11.4 Å². The van der Waals surface area contributed by atoms with E-state index in [1.807, 2.05) is 6.92 Å². The first-order valence-electron chi connectivity index (χ1n) is 7.01. The molecule has 1 fully saturated rings. The molecule has 1 atom stereocenters. The van der Waals surface area contributed by atoms with E-state index in [1.54, 1.807) is 23.2 Å². The Morgan fingerprint density at radius 2 is 2.05 bits per heavy atom. The minimum absolute atomic E-state index is 0.0254. The van der Waals surface area contributed by atoms with Crippen molar-refractivity contribution in [3.05, 3.63) is 35.8 Å². The molecule has 4 nitrogen and oxygen atoms in total. The summed E-state index contributed by atoms with van der Waals surface area (Å²) in [6.45, 7) is 4.02. The Bertz CT molecular complexity index is 685. The second-order valence-corrected chi connectivity index (χ2v) is 5.42. The minimum Gasteiger partial charge on any atom is -0.338 e. The van der Waals surface area contributed by atoms with Gasteiger partial charge in [-0.2, -0.15) is 13.2 Å². The molecule has 0 N–H and O–H groups in total. The van der Waals surface area contributed by atoms with Crippen LogP contribution < -0.4 is 4.90 Å². The van der Waals surface area contributed by atoms with Crippen molar-refractivity contribution in [1.82, 2.24) is 15.0 Å². The molecular weight excluding hydrogens is 293 g/mol. The molecule has 0 aliphatic carbocycles. The number of aromatic nitrogens is 3. The molecule has 2 aromatic heterocycles. The average molecular weight is 308 g/mol. The lowest BCUT2D eigenvalue weighted by Crippen LogP contribution is -2.47. The molecule has 1 unspecified atom stereocenters. The molecule has 0 radical (unpaired) electrons. The monoisotopic (exact) mass is 308 g/mol. The zero-order valence-corrected chi connectivity index (χ0v) is 12.2. The van der Waals surface area contributed by atoms with E-state index < -0.39 is 11.9 Å². The highest BCUT2D eigenvalue weighted by molar-refractivity contribution is 5.64. The summed E-state index contributed by atoms with van der Waals surface area (Å²) >= 11 is 0. The summed E-state index contributed by atoms with van der Waals surface area (Å²) < 4.78 is 39.8. The molecule has 1 saturated heterocycles. The minimum atomic E-state index is -4.51. The summed E-state index contributed by atoms with van der Waals surface area (Å²) in [7, 11) is 0. The smallest absolute Gasteiger partial charge is 0.338 e. The van der Waals surface area contributed by atoms with E-state index in [0.717, 1.165) is 6.42 Å². The summed E-state index contributed by atoms with van der Waals surface area (Å²) in [6, 6.07) is 3.53. The zero-order chi connectivity index (χ0) is 15.9. The van der Waals surface area contributed by atoms with Crippen LogP contribution in [0.1, 0.15) is 24.6 Å². The van der Waals surface area contributed by atoms with Gasteiger partial charge in [0.15, 0.2) is 5.69 Å². The quantitative estimate of drug-likeness (QED) is 0.852. The van der Waals surface area contributed by atoms with Crippen molar-refractivity contribution in [1.29, 1.82) is 0 Å². The van der Waals surface area contributed by atoms with Gasteiger partial charge in [0.25, 0.3) is 0 Å². The molecule has 7 heteroatoms. The van der Waals surface area contributed by atoms with Gasteiger partial charge in [-0.1, -0.05) is 0 Å². The highest BCUT2D eigenvalue weighted by atomic mass is 19.4. The average Bonchev–Trinajstić information content (AvgIpc) is 2.47. The Morgan fingerprint density at radius 1 is 1.27 bits per heavy atom. The summed E-state index contributed by atoms with van der Waals surface area (Å²) in [4.78, 5) is 13.9. The van der Waals surface area contributed by atoms with E-state index in [1.165, 1.54) is 13.1 Å². The van der Waals surface area contributed by atoms with Gasteiger partial charge in [0.1, 0.15) is 0 Å². The highest BCUT2D eigenvalue weighted by Crippen LogP contribution is 2.36. The molecule has 0 amide bonds. The molecule has 0 saturated carbocycles. The summed E-state index contributed by atoms with van der Waals surface area (Å²) in [5.74, 6) is 0.135. The molecule has 2 aromatic rings. The Labute approximate surface area is 126 Å². The topological polar surface area (TPSA) is 41.9 Å². The lowest BCUT2D eigenvalue weighted by Gasteiger charge is -2.39. The van der Waals surface area contributed by atoms with Gasteiger partial charge in [0.2, 0.25) is 5.95 Å². The van der Waals surface area contributed by atoms with Gasteiger partial charge >= 0.3 is 6.18 Å². The number of nitrogens with zero attached hydrogens (tertiary/aromatic N) is 4. The van der Waals surface area contributed by atoms with Crippen molar-refractivity contribution in [3.8, 4) is 11.3 Å². The van der Waals surface area contributed by atoms with Gasteiger partial charge in [-0.05, 0) is 32.4 Å². The Hall–Kier alpha value is -2.18. The fraction of sp³-hybridized carbons (Fsp3) is 0.400. The standard InChI is InChI=1S/C15H15F3N4/c1-9-5-7-22(9)14-20-12(11-4-3-6-19-8-11)10(2)13(21-14)15(16,17)18/h3-4,6,8-9H,5,7H2,1-2H3. The Morgan fingerprint density at radius 3 is 2.55 bits per heavy atom. The highest BCUT2D eigenvalue weighted by Gasteiger charge is 2.38. The predicted molar refractivity (Wildman–Crippen MR) is 76.4 cm³/mol. The Kier molecular flexibility index (Phi) is 3.50. The molecule has 22 heavy (non-hydrogen) atoms. The first kappa shape index (κ1) is 14.7. The van der Waals surface area contributed by atoms with E-state index in [0.29, 0.717) is 12.1 Å². The van der Waals surface area contributed by atoms with Crippen LogP contribution in [0.15, 0.2) is 24.5 Å². The Balaban J connectivity index is 2.18. The van der Waals surface area contributed by atoms with Crippen molar-refractivity contribution >= 4 is 5.95 Å². The molecule has 1 aliphatic rings. The molecule has 0 spiro atoms. The number of pyridine rings is 1. The maximum atomic E-state index is 13.3. The lowest BCUT2D eigenvalue weighted by molar-refractivity contribution is -0.141. The summed E-state index contributed by atoms with van der Waals surface area (Å²) in [5.41, 5.74) is -0.0141. The van der Waals surface area contributed by atoms with E-state index in [2.05, 4.69) is 15.0 Å². The van der Waals surface area contributed by atoms with Gasteiger partial charge in [-0.3, -0.25) is 4.98 Å². The second-order valence-electron chi connectivity index (χ2n) is 5.42. The molecule has 0 aromatic carbocycles. The number of hydrogen-bond acceptors (Lipinski definition) is 4. The predicted octanol–water partition coefficient (Wildman–Crippen LogP) is 3.46. The van der Waals surface area contributed by atoms with Crippen LogP contribution in [0, 0.1) is 6.92 Å². The van der Waals surface area contributed by atoms with Crippen molar-refractivity contribution in [2.24, 2.45) is 0 Å². The van der Waals surface area contributed by atoms with Crippen molar-refractivity contribution in [2.45, 2.75) is 32.5 Å². The second kappa shape index (κ2) is 5.23. The lowest BCUT2D eigenvalue weighted by atomic mass is 10.0. The van der Waals surface area contributed by atoms with Crippen LogP contribution in [-0.2, 0) is 6.18 Å². The van der Waals surface area contributed by atoms with E-state index in [-0.39, 0.29) is 23.2 Å². The molecule has 116 valence electrons. The van der Waals surface area contributed by atoms with Crippen LogP contribution >= 0.6 is 0 Å². The zero-order valence-electron chi connectivity index (χ0n) is 12.2. The van der Waals surface area contributed by atoms with Crippen LogP contribution in [0.25, 0.3) is 11.3 Å². The van der Waals surface area contributed by atoms with Gasteiger partial charge in [0.05, 0.1) is 5.69 Å². The van der Waals surface area contributed by atoms with Crippen LogP contribution in [0.3, 0.4) is 0 Å². The SMILES string of the molecule is Cc1c(-c2cccnc2)nc(N2CCC2C)nc1C(F)(F)F. The number of alkyl halides is 3. The number of anilines is 1. The molecule has 3 rings (SSSR count). The summed E-state index contributed by atoms with van der Waals surface area (Å²) in [6.07, 6.45) is -0.491.